The van der Waals surface area contributed by atoms with Crippen LogP contribution in [0.5, 0.6) is 0 Å². The molecule has 1 aromatic carbocycles. The third kappa shape index (κ3) is 2.14. The second-order valence-corrected chi connectivity index (χ2v) is 6.66. The van der Waals surface area contributed by atoms with E-state index in [4.69, 9.17) is 11.6 Å². The van der Waals surface area contributed by atoms with Crippen LogP contribution < -0.4 is 5.32 Å². The van der Waals surface area contributed by atoms with Gasteiger partial charge in [0.1, 0.15) is 0 Å². The molecule has 3 rings (SSSR count). The van der Waals surface area contributed by atoms with Crippen molar-refractivity contribution in [1.29, 1.82) is 0 Å². The van der Waals surface area contributed by atoms with E-state index in [0.717, 1.165) is 24.8 Å². The summed E-state index contributed by atoms with van der Waals surface area (Å²) in [6.07, 6.45) is 3.34. The number of amides is 2. The Bertz CT molecular complexity index is 571. The van der Waals surface area contributed by atoms with Crippen molar-refractivity contribution >= 4 is 23.4 Å². The van der Waals surface area contributed by atoms with Gasteiger partial charge in [-0.1, -0.05) is 43.1 Å². The monoisotopic (exact) mass is 291 g/mol. The Morgan fingerprint density at radius 2 is 2.05 bits per heavy atom. The molecule has 1 aromatic rings. The fourth-order valence-corrected chi connectivity index (χ4v) is 4.23. The number of carbonyl (C=O) groups excluding carboxylic acids is 2. The van der Waals surface area contributed by atoms with Gasteiger partial charge in [0.25, 0.3) is 0 Å². The Balaban J connectivity index is 2.07. The fraction of sp³-hybridized carbons (Fsp3) is 0.500. The zero-order valence-corrected chi connectivity index (χ0v) is 12.2. The maximum absolute atomic E-state index is 12.4. The number of rotatable bonds is 1. The topological polar surface area (TPSA) is 46.2 Å². The molecular weight excluding hydrogens is 274 g/mol. The molecule has 0 radical (unpaired) electrons. The predicted octanol–water partition coefficient (Wildman–Crippen LogP) is 3.28. The molecular formula is C16H18ClNO2. The number of carbonyl (C=O) groups is 2. The molecule has 3 unspecified atom stereocenters. The minimum Gasteiger partial charge on any atom is -0.296 e. The van der Waals surface area contributed by atoms with Crippen LogP contribution >= 0.6 is 11.6 Å². The fourth-order valence-electron chi connectivity index (χ4n) is 3.99. The zero-order chi connectivity index (χ0) is 14.3. The van der Waals surface area contributed by atoms with Crippen molar-refractivity contribution in [1.82, 2.24) is 5.32 Å². The Hall–Kier alpha value is -1.35. The molecule has 2 amide bonds. The van der Waals surface area contributed by atoms with Crippen LogP contribution in [0.2, 0.25) is 5.02 Å². The third-order valence-electron chi connectivity index (χ3n) is 4.76. The lowest BCUT2D eigenvalue weighted by molar-refractivity contribution is -0.140. The summed E-state index contributed by atoms with van der Waals surface area (Å²) in [5.74, 6) is -0.0895. The quantitative estimate of drug-likeness (QED) is 0.807. The Labute approximate surface area is 123 Å². The van der Waals surface area contributed by atoms with E-state index < -0.39 is 0 Å². The zero-order valence-electron chi connectivity index (χ0n) is 11.5. The van der Waals surface area contributed by atoms with Crippen molar-refractivity contribution in [2.24, 2.45) is 11.3 Å². The molecule has 106 valence electrons. The normalized spacial score (nSPS) is 33.5. The Morgan fingerprint density at radius 3 is 2.70 bits per heavy atom. The van der Waals surface area contributed by atoms with Gasteiger partial charge in [0.2, 0.25) is 11.8 Å². The Kier molecular flexibility index (Phi) is 3.33. The molecule has 0 aromatic heterocycles. The summed E-state index contributed by atoms with van der Waals surface area (Å²) in [4.78, 5) is 24.3. The van der Waals surface area contributed by atoms with E-state index in [9.17, 15) is 9.59 Å². The molecule has 1 N–H and O–H groups in total. The van der Waals surface area contributed by atoms with Gasteiger partial charge in [-0.05, 0) is 35.8 Å². The minimum absolute atomic E-state index is 0.146. The highest BCUT2D eigenvalue weighted by atomic mass is 35.5. The first kappa shape index (κ1) is 13.6. The molecule has 1 aliphatic heterocycles. The summed E-state index contributed by atoms with van der Waals surface area (Å²) in [5.41, 5.74) is 0.609. The minimum atomic E-state index is -0.307. The van der Waals surface area contributed by atoms with Crippen LogP contribution in [0.15, 0.2) is 24.3 Å². The summed E-state index contributed by atoms with van der Waals surface area (Å²) in [6, 6.07) is 7.48. The molecule has 1 heterocycles. The van der Waals surface area contributed by atoms with Crippen molar-refractivity contribution < 1.29 is 9.59 Å². The van der Waals surface area contributed by atoms with Gasteiger partial charge in [0.15, 0.2) is 0 Å². The van der Waals surface area contributed by atoms with E-state index in [2.05, 4.69) is 12.2 Å². The van der Waals surface area contributed by atoms with Crippen molar-refractivity contribution in [2.75, 3.05) is 0 Å². The van der Waals surface area contributed by atoms with Crippen LogP contribution in [0.4, 0.5) is 0 Å². The number of hydrogen-bond donors (Lipinski definition) is 1. The summed E-state index contributed by atoms with van der Waals surface area (Å²) >= 11 is 6.29. The van der Waals surface area contributed by atoms with Gasteiger partial charge in [0, 0.05) is 11.4 Å². The molecule has 1 spiro atoms. The second-order valence-electron chi connectivity index (χ2n) is 6.25. The van der Waals surface area contributed by atoms with Crippen LogP contribution in [-0.2, 0) is 9.59 Å². The van der Waals surface area contributed by atoms with Crippen molar-refractivity contribution in [3.05, 3.63) is 34.9 Å². The highest BCUT2D eigenvalue weighted by Gasteiger charge is 2.52. The first-order valence-electron chi connectivity index (χ1n) is 7.10. The van der Waals surface area contributed by atoms with Crippen LogP contribution in [0, 0.1) is 11.3 Å². The summed E-state index contributed by atoms with van der Waals surface area (Å²) in [7, 11) is 0. The first-order valence-corrected chi connectivity index (χ1v) is 7.48. The van der Waals surface area contributed by atoms with Crippen LogP contribution in [-0.4, -0.2) is 11.8 Å². The number of benzene rings is 1. The van der Waals surface area contributed by atoms with Gasteiger partial charge in [0.05, 0.1) is 5.92 Å². The lowest BCUT2D eigenvalue weighted by Gasteiger charge is -2.40. The number of imide groups is 1. The standard InChI is InChI=1S/C16H18ClNO2/c1-10-6-7-16(8-10)9-13(19)18-15(20)14(16)11-4-2-3-5-12(11)17/h2-5,10,14H,6-9H2,1H3,(H,18,19,20). The van der Waals surface area contributed by atoms with Gasteiger partial charge >= 0.3 is 0 Å². The van der Waals surface area contributed by atoms with E-state index in [1.165, 1.54) is 0 Å². The van der Waals surface area contributed by atoms with Crippen molar-refractivity contribution in [3.63, 3.8) is 0 Å². The van der Waals surface area contributed by atoms with Crippen LogP contribution in [0.25, 0.3) is 0 Å². The van der Waals surface area contributed by atoms with Crippen molar-refractivity contribution in [3.8, 4) is 0 Å². The molecule has 1 aliphatic carbocycles. The van der Waals surface area contributed by atoms with Gasteiger partial charge < -0.3 is 0 Å². The van der Waals surface area contributed by atoms with E-state index in [1.54, 1.807) is 0 Å². The number of halogens is 1. The number of nitrogens with one attached hydrogen (secondary N) is 1. The largest absolute Gasteiger partial charge is 0.296 e. The highest BCUT2D eigenvalue weighted by molar-refractivity contribution is 6.31. The lowest BCUT2D eigenvalue weighted by Crippen LogP contribution is -2.50. The van der Waals surface area contributed by atoms with Gasteiger partial charge in [-0.15, -0.1) is 0 Å². The molecule has 3 nitrogen and oxygen atoms in total. The molecule has 2 aliphatic rings. The molecule has 2 fully saturated rings. The highest BCUT2D eigenvalue weighted by Crippen LogP contribution is 2.55. The average molecular weight is 292 g/mol. The molecule has 20 heavy (non-hydrogen) atoms. The second kappa shape index (κ2) is 4.88. The van der Waals surface area contributed by atoms with Gasteiger partial charge in [-0.3, -0.25) is 14.9 Å². The van der Waals surface area contributed by atoms with Crippen LogP contribution in [0.1, 0.15) is 44.1 Å². The molecule has 1 saturated heterocycles. The maximum Gasteiger partial charge on any atom is 0.234 e. The molecule has 4 heteroatoms. The maximum atomic E-state index is 12.4. The Morgan fingerprint density at radius 1 is 1.30 bits per heavy atom. The van der Waals surface area contributed by atoms with Crippen molar-refractivity contribution in [2.45, 2.75) is 38.5 Å². The third-order valence-corrected chi connectivity index (χ3v) is 5.10. The summed E-state index contributed by atoms with van der Waals surface area (Å²) < 4.78 is 0. The molecule has 0 bridgehead atoms. The summed E-state index contributed by atoms with van der Waals surface area (Å²) in [6.45, 7) is 2.19. The van der Waals surface area contributed by atoms with E-state index in [0.29, 0.717) is 17.4 Å². The molecule has 3 atom stereocenters. The number of piperidine rings is 1. The predicted molar refractivity (Wildman–Crippen MR) is 77.4 cm³/mol. The smallest absolute Gasteiger partial charge is 0.234 e. The number of hydrogen-bond acceptors (Lipinski definition) is 2. The summed E-state index contributed by atoms with van der Waals surface area (Å²) in [5, 5.41) is 3.10. The molecule has 1 saturated carbocycles. The lowest BCUT2D eigenvalue weighted by atomic mass is 9.65. The van der Waals surface area contributed by atoms with E-state index >= 15 is 0 Å². The van der Waals surface area contributed by atoms with E-state index in [-0.39, 0.29) is 23.1 Å². The van der Waals surface area contributed by atoms with Crippen LogP contribution in [0.3, 0.4) is 0 Å². The van der Waals surface area contributed by atoms with Gasteiger partial charge in [-0.2, -0.15) is 0 Å². The van der Waals surface area contributed by atoms with E-state index in [1.807, 2.05) is 24.3 Å². The SMILES string of the molecule is CC1CCC2(CC(=O)NC(=O)C2c2ccccc2Cl)C1. The van der Waals surface area contributed by atoms with Gasteiger partial charge in [-0.25, -0.2) is 0 Å². The average Bonchev–Trinajstić information content (AvgIpc) is 2.72. The first-order chi connectivity index (χ1) is 9.52.